The van der Waals surface area contributed by atoms with Crippen LogP contribution in [0.4, 0.5) is 5.82 Å². The summed E-state index contributed by atoms with van der Waals surface area (Å²) in [4.78, 5) is 4.46. The summed E-state index contributed by atoms with van der Waals surface area (Å²) < 4.78 is 0. The molecule has 3 heteroatoms. The van der Waals surface area contributed by atoms with Gasteiger partial charge in [0.15, 0.2) is 0 Å². The van der Waals surface area contributed by atoms with E-state index < -0.39 is 0 Å². The van der Waals surface area contributed by atoms with Gasteiger partial charge in [0.2, 0.25) is 0 Å². The lowest BCUT2D eigenvalue weighted by Crippen LogP contribution is -2.20. The van der Waals surface area contributed by atoms with Crippen LogP contribution >= 0.6 is 11.6 Å². The molecule has 1 atom stereocenters. The number of anilines is 1. The zero-order chi connectivity index (χ0) is 12.9. The first-order valence-electron chi connectivity index (χ1n) is 6.26. The van der Waals surface area contributed by atoms with Gasteiger partial charge < -0.3 is 5.32 Å². The molecule has 0 amide bonds. The van der Waals surface area contributed by atoms with Crippen LogP contribution in [0.3, 0.4) is 0 Å². The Kier molecular flexibility index (Phi) is 5.26. The van der Waals surface area contributed by atoms with Gasteiger partial charge >= 0.3 is 0 Å². The minimum absolute atomic E-state index is 0.159. The first kappa shape index (κ1) is 14.3. The number of hydrogen-bond acceptors (Lipinski definition) is 2. The van der Waals surface area contributed by atoms with Crippen LogP contribution in [-0.2, 0) is 5.41 Å². The smallest absolute Gasteiger partial charge is 0.126 e. The van der Waals surface area contributed by atoms with E-state index in [2.05, 4.69) is 50.1 Å². The first-order valence-corrected chi connectivity index (χ1v) is 6.80. The fourth-order valence-electron chi connectivity index (χ4n) is 1.64. The third-order valence-corrected chi connectivity index (χ3v) is 3.15. The number of halogens is 1. The quantitative estimate of drug-likeness (QED) is 0.797. The van der Waals surface area contributed by atoms with Gasteiger partial charge in [0, 0.05) is 18.1 Å². The molecule has 17 heavy (non-hydrogen) atoms. The first-order chi connectivity index (χ1) is 7.97. The predicted molar refractivity (Wildman–Crippen MR) is 76.0 cm³/mol. The Labute approximate surface area is 110 Å². The maximum atomic E-state index is 5.77. The van der Waals surface area contributed by atoms with Gasteiger partial charge in [-0.1, -0.05) is 33.8 Å². The normalized spacial score (nSPS) is 13.5. The Bertz CT molecular complexity index is 327. The Morgan fingerprint density at radius 1 is 1.35 bits per heavy atom. The molecule has 1 heterocycles. The van der Waals surface area contributed by atoms with Crippen LogP contribution in [0.2, 0.25) is 0 Å². The highest BCUT2D eigenvalue weighted by Crippen LogP contribution is 2.22. The summed E-state index contributed by atoms with van der Waals surface area (Å²) >= 11 is 5.77. The predicted octanol–water partition coefficient (Wildman–Crippen LogP) is 4.20. The van der Waals surface area contributed by atoms with Gasteiger partial charge in [-0.25, -0.2) is 4.98 Å². The second-order valence-electron chi connectivity index (χ2n) is 5.41. The van der Waals surface area contributed by atoms with Crippen molar-refractivity contribution >= 4 is 17.4 Å². The van der Waals surface area contributed by atoms with Gasteiger partial charge in [-0.2, -0.15) is 0 Å². The van der Waals surface area contributed by atoms with Crippen molar-refractivity contribution in [2.75, 3.05) is 11.2 Å². The van der Waals surface area contributed by atoms with Crippen LogP contribution in [0.5, 0.6) is 0 Å². The summed E-state index contributed by atoms with van der Waals surface area (Å²) in [5.74, 6) is 1.63. The summed E-state index contributed by atoms with van der Waals surface area (Å²) in [7, 11) is 0. The molecule has 0 aliphatic heterocycles. The van der Waals surface area contributed by atoms with E-state index in [4.69, 9.17) is 11.6 Å². The van der Waals surface area contributed by atoms with Crippen LogP contribution in [0.15, 0.2) is 18.3 Å². The Morgan fingerprint density at radius 2 is 2.06 bits per heavy atom. The Morgan fingerprint density at radius 3 is 2.47 bits per heavy atom. The summed E-state index contributed by atoms with van der Waals surface area (Å²) in [6, 6.07) is 4.61. The van der Waals surface area contributed by atoms with Crippen molar-refractivity contribution in [3.8, 4) is 0 Å². The molecule has 0 aliphatic carbocycles. The van der Waals surface area contributed by atoms with Crippen LogP contribution in [0.1, 0.15) is 46.1 Å². The summed E-state index contributed by atoms with van der Waals surface area (Å²) in [6.45, 7) is 8.74. The third kappa shape index (κ3) is 4.55. The van der Waals surface area contributed by atoms with Crippen molar-refractivity contribution in [1.82, 2.24) is 4.98 Å². The number of aromatic nitrogens is 1. The van der Waals surface area contributed by atoms with Crippen LogP contribution in [0.25, 0.3) is 0 Å². The lowest BCUT2D eigenvalue weighted by atomic mass is 9.88. The van der Waals surface area contributed by atoms with Crippen molar-refractivity contribution in [3.05, 3.63) is 23.9 Å². The molecule has 0 radical (unpaired) electrons. The zero-order valence-electron chi connectivity index (χ0n) is 11.3. The van der Waals surface area contributed by atoms with Crippen LogP contribution in [-0.4, -0.2) is 16.9 Å². The Hall–Kier alpha value is -0.760. The van der Waals surface area contributed by atoms with Gasteiger partial charge in [-0.05, 0) is 29.9 Å². The molecule has 0 saturated heterocycles. The fraction of sp³-hybridized carbons (Fsp3) is 0.643. The highest BCUT2D eigenvalue weighted by atomic mass is 35.5. The molecule has 0 bridgehead atoms. The van der Waals surface area contributed by atoms with E-state index in [0.29, 0.717) is 11.9 Å². The monoisotopic (exact) mass is 254 g/mol. The molecule has 0 aromatic carbocycles. The molecular weight excluding hydrogens is 232 g/mol. The van der Waals surface area contributed by atoms with E-state index in [1.807, 2.05) is 6.20 Å². The van der Waals surface area contributed by atoms with Crippen molar-refractivity contribution in [3.63, 3.8) is 0 Å². The number of rotatable bonds is 5. The average molecular weight is 255 g/mol. The summed E-state index contributed by atoms with van der Waals surface area (Å²) in [6.07, 6.45) is 3.99. The minimum atomic E-state index is 0.159. The van der Waals surface area contributed by atoms with Gasteiger partial charge in [-0.15, -0.1) is 11.6 Å². The van der Waals surface area contributed by atoms with E-state index in [0.717, 1.165) is 18.7 Å². The molecule has 1 unspecified atom stereocenters. The lowest BCUT2D eigenvalue weighted by molar-refractivity contribution is 0.587. The van der Waals surface area contributed by atoms with Crippen molar-refractivity contribution in [1.29, 1.82) is 0 Å². The van der Waals surface area contributed by atoms with E-state index in [-0.39, 0.29) is 5.41 Å². The van der Waals surface area contributed by atoms with E-state index in [1.165, 1.54) is 5.56 Å². The zero-order valence-corrected chi connectivity index (χ0v) is 12.0. The summed E-state index contributed by atoms with van der Waals surface area (Å²) in [5, 5.41) is 3.41. The van der Waals surface area contributed by atoms with E-state index in [1.54, 1.807) is 0 Å². The fourth-order valence-corrected chi connectivity index (χ4v) is 1.91. The maximum absolute atomic E-state index is 5.77. The molecule has 2 nitrogen and oxygen atoms in total. The largest absolute Gasteiger partial charge is 0.367 e. The molecule has 0 spiro atoms. The van der Waals surface area contributed by atoms with Gasteiger partial charge in [0.25, 0.3) is 0 Å². The number of pyridine rings is 1. The Balaban J connectivity index is 2.68. The van der Waals surface area contributed by atoms with Gasteiger partial charge in [-0.3, -0.25) is 0 Å². The highest BCUT2D eigenvalue weighted by molar-refractivity contribution is 6.17. The number of alkyl halides is 1. The van der Waals surface area contributed by atoms with Crippen molar-refractivity contribution in [2.24, 2.45) is 0 Å². The van der Waals surface area contributed by atoms with Crippen LogP contribution < -0.4 is 5.32 Å². The molecule has 0 saturated carbocycles. The van der Waals surface area contributed by atoms with Crippen molar-refractivity contribution in [2.45, 2.75) is 52.0 Å². The standard InChI is InChI=1S/C14H23ClN2/c1-5-12(8-9-15)17-13-7-6-11(10-16-13)14(2,3)4/h6-7,10,12H,5,8-9H2,1-4H3,(H,16,17). The van der Waals surface area contributed by atoms with E-state index >= 15 is 0 Å². The molecule has 0 aliphatic rings. The summed E-state index contributed by atoms with van der Waals surface area (Å²) in [5.41, 5.74) is 1.42. The number of hydrogen-bond donors (Lipinski definition) is 1. The van der Waals surface area contributed by atoms with E-state index in [9.17, 15) is 0 Å². The SMILES string of the molecule is CCC(CCCl)Nc1ccc(C(C)(C)C)cn1. The molecular formula is C14H23ClN2. The van der Waals surface area contributed by atoms with Crippen LogP contribution in [0, 0.1) is 0 Å². The second-order valence-corrected chi connectivity index (χ2v) is 5.79. The molecule has 96 valence electrons. The lowest BCUT2D eigenvalue weighted by Gasteiger charge is -2.20. The third-order valence-electron chi connectivity index (χ3n) is 2.93. The molecule has 0 fully saturated rings. The number of nitrogens with zero attached hydrogens (tertiary/aromatic N) is 1. The minimum Gasteiger partial charge on any atom is -0.367 e. The number of nitrogens with one attached hydrogen (secondary N) is 1. The maximum Gasteiger partial charge on any atom is 0.126 e. The molecule has 1 rings (SSSR count). The van der Waals surface area contributed by atoms with Gasteiger partial charge in [0.1, 0.15) is 5.82 Å². The molecule has 1 aromatic rings. The second kappa shape index (κ2) is 6.25. The topological polar surface area (TPSA) is 24.9 Å². The van der Waals surface area contributed by atoms with Gasteiger partial charge in [0.05, 0.1) is 0 Å². The highest BCUT2D eigenvalue weighted by Gasteiger charge is 2.14. The molecule has 1 aromatic heterocycles. The molecule has 1 N–H and O–H groups in total. The average Bonchev–Trinajstić information content (AvgIpc) is 2.28. The van der Waals surface area contributed by atoms with Crippen molar-refractivity contribution < 1.29 is 0 Å².